The van der Waals surface area contributed by atoms with Gasteiger partial charge in [-0.25, -0.2) is 0 Å². The fraction of sp³-hybridized carbons (Fsp3) is 0.188. The SMILES string of the molecule is C=CCN(Cc1ccc(Cl)s1)C(=O)c1ccc(C)c(Br)c1. The van der Waals surface area contributed by atoms with Crippen molar-refractivity contribution in [3.8, 4) is 0 Å². The van der Waals surface area contributed by atoms with Gasteiger partial charge in [0.25, 0.3) is 5.91 Å². The summed E-state index contributed by atoms with van der Waals surface area (Å²) in [5.74, 6) is -0.0138. The van der Waals surface area contributed by atoms with Crippen LogP contribution in [0.4, 0.5) is 0 Å². The zero-order chi connectivity index (χ0) is 15.4. The summed E-state index contributed by atoms with van der Waals surface area (Å²) in [6.45, 7) is 6.76. The molecule has 0 spiro atoms. The number of thiophene rings is 1. The first kappa shape index (κ1) is 16.3. The quantitative estimate of drug-likeness (QED) is 0.640. The summed E-state index contributed by atoms with van der Waals surface area (Å²) < 4.78 is 1.67. The van der Waals surface area contributed by atoms with Crippen LogP contribution in [0.2, 0.25) is 4.34 Å². The fourth-order valence-electron chi connectivity index (χ4n) is 1.91. The molecule has 0 radical (unpaired) electrons. The highest BCUT2D eigenvalue weighted by molar-refractivity contribution is 9.10. The molecule has 1 aromatic heterocycles. The number of hydrogen-bond acceptors (Lipinski definition) is 2. The number of aryl methyl sites for hydroxylation is 1. The lowest BCUT2D eigenvalue weighted by atomic mass is 10.1. The minimum Gasteiger partial charge on any atom is -0.330 e. The van der Waals surface area contributed by atoms with E-state index in [1.54, 1.807) is 11.0 Å². The average molecular weight is 385 g/mol. The molecule has 1 heterocycles. The molecule has 0 fully saturated rings. The second kappa shape index (κ2) is 7.25. The maximum Gasteiger partial charge on any atom is 0.254 e. The van der Waals surface area contributed by atoms with Crippen LogP contribution in [0, 0.1) is 6.92 Å². The molecule has 1 aromatic carbocycles. The largest absolute Gasteiger partial charge is 0.330 e. The summed E-state index contributed by atoms with van der Waals surface area (Å²) in [5.41, 5.74) is 1.77. The van der Waals surface area contributed by atoms with Gasteiger partial charge >= 0.3 is 0 Å². The maximum absolute atomic E-state index is 12.6. The molecule has 0 aliphatic rings. The Hall–Kier alpha value is -1.10. The van der Waals surface area contributed by atoms with Gasteiger partial charge in [-0.3, -0.25) is 4.79 Å². The minimum absolute atomic E-state index is 0.0138. The van der Waals surface area contributed by atoms with E-state index >= 15 is 0 Å². The molecule has 0 atom stereocenters. The molecule has 5 heteroatoms. The van der Waals surface area contributed by atoms with Crippen LogP contribution >= 0.6 is 38.9 Å². The number of carbonyl (C=O) groups is 1. The van der Waals surface area contributed by atoms with Crippen LogP contribution in [0.15, 0.2) is 47.5 Å². The van der Waals surface area contributed by atoms with Crippen LogP contribution in [0.25, 0.3) is 0 Å². The van der Waals surface area contributed by atoms with E-state index in [1.807, 2.05) is 37.3 Å². The van der Waals surface area contributed by atoms with E-state index in [4.69, 9.17) is 11.6 Å². The number of benzene rings is 1. The second-order valence-corrected chi connectivity index (χ2v) is 7.30. The highest BCUT2D eigenvalue weighted by atomic mass is 79.9. The Kier molecular flexibility index (Phi) is 5.62. The second-order valence-electron chi connectivity index (χ2n) is 4.64. The predicted octanol–water partition coefficient (Wildman–Crippen LogP) is 5.30. The van der Waals surface area contributed by atoms with Gasteiger partial charge in [0.15, 0.2) is 0 Å². The van der Waals surface area contributed by atoms with Crippen LogP contribution in [-0.2, 0) is 6.54 Å². The van der Waals surface area contributed by atoms with Gasteiger partial charge in [0, 0.05) is 21.5 Å². The van der Waals surface area contributed by atoms with Crippen molar-refractivity contribution >= 4 is 44.8 Å². The molecule has 0 saturated heterocycles. The van der Waals surface area contributed by atoms with Gasteiger partial charge in [-0.1, -0.05) is 39.7 Å². The Morgan fingerprint density at radius 1 is 1.43 bits per heavy atom. The number of carbonyl (C=O) groups excluding carboxylic acids is 1. The number of nitrogens with zero attached hydrogens (tertiary/aromatic N) is 1. The fourth-order valence-corrected chi connectivity index (χ4v) is 3.39. The Balaban J connectivity index is 2.22. The smallest absolute Gasteiger partial charge is 0.254 e. The Bertz CT molecular complexity index is 668. The van der Waals surface area contributed by atoms with Crippen LogP contribution in [0.1, 0.15) is 20.8 Å². The lowest BCUT2D eigenvalue weighted by Crippen LogP contribution is -2.30. The molecule has 0 bridgehead atoms. The van der Waals surface area contributed by atoms with Gasteiger partial charge < -0.3 is 4.90 Å². The summed E-state index contributed by atoms with van der Waals surface area (Å²) >= 11 is 10.9. The van der Waals surface area contributed by atoms with Gasteiger partial charge in [0.2, 0.25) is 0 Å². The molecule has 0 unspecified atom stereocenters. The highest BCUT2D eigenvalue weighted by Gasteiger charge is 2.16. The predicted molar refractivity (Wildman–Crippen MR) is 93.1 cm³/mol. The van der Waals surface area contributed by atoms with Crippen molar-refractivity contribution < 1.29 is 4.79 Å². The average Bonchev–Trinajstić information content (AvgIpc) is 2.86. The molecular formula is C16H15BrClNOS. The number of hydrogen-bond donors (Lipinski definition) is 0. The Morgan fingerprint density at radius 3 is 2.76 bits per heavy atom. The van der Waals surface area contributed by atoms with Crippen molar-refractivity contribution in [1.29, 1.82) is 0 Å². The van der Waals surface area contributed by atoms with Crippen molar-refractivity contribution in [2.24, 2.45) is 0 Å². The minimum atomic E-state index is -0.0138. The summed E-state index contributed by atoms with van der Waals surface area (Å²) in [6.07, 6.45) is 1.73. The van der Waals surface area contributed by atoms with E-state index in [0.29, 0.717) is 18.7 Å². The van der Waals surface area contributed by atoms with Gasteiger partial charge in [0.1, 0.15) is 0 Å². The molecule has 21 heavy (non-hydrogen) atoms. The molecular weight excluding hydrogens is 370 g/mol. The standard InChI is InChI=1S/C16H15BrClNOS/c1-3-8-19(10-13-6-7-15(18)21-13)16(20)12-5-4-11(2)14(17)9-12/h3-7,9H,1,8,10H2,2H3. The monoisotopic (exact) mass is 383 g/mol. The highest BCUT2D eigenvalue weighted by Crippen LogP contribution is 2.24. The molecule has 110 valence electrons. The third kappa shape index (κ3) is 4.19. The van der Waals surface area contributed by atoms with Crippen molar-refractivity contribution in [3.05, 3.63) is 67.8 Å². The summed E-state index contributed by atoms with van der Waals surface area (Å²) in [6, 6.07) is 9.43. The number of amides is 1. The molecule has 0 saturated carbocycles. The summed E-state index contributed by atoms with van der Waals surface area (Å²) in [4.78, 5) is 15.5. The third-order valence-electron chi connectivity index (χ3n) is 3.03. The molecule has 2 nitrogen and oxygen atoms in total. The zero-order valence-electron chi connectivity index (χ0n) is 11.6. The molecule has 2 rings (SSSR count). The van der Waals surface area contributed by atoms with Crippen molar-refractivity contribution in [2.75, 3.05) is 6.54 Å². The van der Waals surface area contributed by atoms with E-state index in [9.17, 15) is 4.79 Å². The molecule has 2 aromatic rings. The molecule has 0 aliphatic heterocycles. The van der Waals surface area contributed by atoms with E-state index < -0.39 is 0 Å². The Morgan fingerprint density at radius 2 is 2.19 bits per heavy atom. The van der Waals surface area contributed by atoms with Crippen molar-refractivity contribution in [1.82, 2.24) is 4.90 Å². The first-order chi connectivity index (χ1) is 10.0. The van der Waals surface area contributed by atoms with Gasteiger partial charge in [-0.05, 0) is 36.8 Å². The number of halogens is 2. The van der Waals surface area contributed by atoms with E-state index in [2.05, 4.69) is 22.5 Å². The third-order valence-corrected chi connectivity index (χ3v) is 5.10. The zero-order valence-corrected chi connectivity index (χ0v) is 14.8. The molecule has 1 amide bonds. The lowest BCUT2D eigenvalue weighted by molar-refractivity contribution is 0.0764. The normalized spacial score (nSPS) is 10.4. The van der Waals surface area contributed by atoms with Crippen LogP contribution in [-0.4, -0.2) is 17.4 Å². The first-order valence-corrected chi connectivity index (χ1v) is 8.40. The van der Waals surface area contributed by atoms with Crippen LogP contribution in [0.3, 0.4) is 0 Å². The lowest BCUT2D eigenvalue weighted by Gasteiger charge is -2.20. The van der Waals surface area contributed by atoms with Crippen molar-refractivity contribution in [2.45, 2.75) is 13.5 Å². The van der Waals surface area contributed by atoms with Crippen LogP contribution in [0.5, 0.6) is 0 Å². The topological polar surface area (TPSA) is 20.3 Å². The van der Waals surface area contributed by atoms with E-state index in [1.165, 1.54) is 11.3 Å². The van der Waals surface area contributed by atoms with E-state index in [-0.39, 0.29) is 5.91 Å². The number of rotatable bonds is 5. The first-order valence-electron chi connectivity index (χ1n) is 6.42. The maximum atomic E-state index is 12.6. The van der Waals surface area contributed by atoms with Crippen LogP contribution < -0.4 is 0 Å². The molecule has 0 N–H and O–H groups in total. The van der Waals surface area contributed by atoms with Gasteiger partial charge in [0.05, 0.1) is 10.9 Å². The summed E-state index contributed by atoms with van der Waals surface area (Å²) in [7, 11) is 0. The van der Waals surface area contributed by atoms with Gasteiger partial charge in [-0.2, -0.15) is 0 Å². The van der Waals surface area contributed by atoms with E-state index in [0.717, 1.165) is 19.2 Å². The Labute approximate surface area is 142 Å². The van der Waals surface area contributed by atoms with Gasteiger partial charge in [-0.15, -0.1) is 17.9 Å². The van der Waals surface area contributed by atoms with Crippen molar-refractivity contribution in [3.63, 3.8) is 0 Å². The molecule has 0 aliphatic carbocycles. The summed E-state index contributed by atoms with van der Waals surface area (Å²) in [5, 5.41) is 0.